The summed E-state index contributed by atoms with van der Waals surface area (Å²) >= 11 is 0. The summed E-state index contributed by atoms with van der Waals surface area (Å²) in [5.74, 6) is 0.385. The molecule has 0 aliphatic carbocycles. The highest BCUT2D eigenvalue weighted by Gasteiger charge is 2.58. The normalized spacial score (nSPS) is 17.8. The van der Waals surface area contributed by atoms with Gasteiger partial charge < -0.3 is 10.1 Å². The number of ether oxygens (including phenoxy) is 1. The highest BCUT2D eigenvalue weighted by atomic mass is 16.5. The van der Waals surface area contributed by atoms with Crippen LogP contribution >= 0.6 is 0 Å². The zero-order valence-electron chi connectivity index (χ0n) is 18.2. The number of nitrogens with zero attached hydrogens (tertiary/aromatic N) is 1. The maximum Gasteiger partial charge on any atom is 0.255 e. The number of amides is 2. The second-order valence-electron chi connectivity index (χ2n) is 8.05. The molecule has 158 valence electrons. The number of carbonyl (C=O) groups excluding carboxylic acids is 2. The van der Waals surface area contributed by atoms with Crippen LogP contribution in [0, 0.1) is 20.8 Å². The van der Waals surface area contributed by atoms with Gasteiger partial charge in [0.15, 0.2) is 5.54 Å². The summed E-state index contributed by atoms with van der Waals surface area (Å²) in [4.78, 5) is 28.4. The molecule has 3 aromatic carbocycles. The van der Waals surface area contributed by atoms with Gasteiger partial charge in [-0.3, -0.25) is 14.5 Å². The molecule has 1 fully saturated rings. The van der Waals surface area contributed by atoms with Crippen LogP contribution in [0.1, 0.15) is 28.7 Å². The maximum absolute atomic E-state index is 13.8. The van der Waals surface area contributed by atoms with Crippen molar-refractivity contribution in [2.24, 2.45) is 0 Å². The highest BCUT2D eigenvalue weighted by Crippen LogP contribution is 2.47. The molecule has 1 N–H and O–H groups in total. The quantitative estimate of drug-likeness (QED) is 0.605. The molecule has 1 heterocycles. The van der Waals surface area contributed by atoms with Crippen molar-refractivity contribution >= 4 is 23.2 Å². The number of hydrogen-bond donors (Lipinski definition) is 1. The molecule has 0 aromatic heterocycles. The van der Waals surface area contributed by atoms with Crippen molar-refractivity contribution in [3.63, 3.8) is 0 Å². The lowest BCUT2D eigenvalue weighted by atomic mass is 9.75. The summed E-state index contributed by atoms with van der Waals surface area (Å²) in [6, 6.07) is 20.9. The molecule has 31 heavy (non-hydrogen) atoms. The van der Waals surface area contributed by atoms with Gasteiger partial charge >= 0.3 is 0 Å². The van der Waals surface area contributed by atoms with E-state index in [1.54, 1.807) is 12.0 Å². The fourth-order valence-corrected chi connectivity index (χ4v) is 4.24. The molecular weight excluding hydrogens is 388 g/mol. The van der Waals surface area contributed by atoms with Crippen molar-refractivity contribution < 1.29 is 14.3 Å². The number of carbonyl (C=O) groups is 2. The zero-order valence-corrected chi connectivity index (χ0v) is 18.2. The number of para-hydroxylation sites is 1. The van der Waals surface area contributed by atoms with E-state index in [0.29, 0.717) is 5.75 Å². The molecule has 5 heteroatoms. The maximum atomic E-state index is 13.8. The molecule has 3 aromatic rings. The van der Waals surface area contributed by atoms with E-state index in [-0.39, 0.29) is 18.2 Å². The number of rotatable bonds is 5. The second-order valence-corrected chi connectivity index (χ2v) is 8.05. The third-order valence-corrected chi connectivity index (χ3v) is 5.97. The number of anilines is 2. The zero-order chi connectivity index (χ0) is 22.2. The van der Waals surface area contributed by atoms with Crippen molar-refractivity contribution in [1.82, 2.24) is 0 Å². The minimum atomic E-state index is -1.13. The molecule has 1 aliphatic rings. The van der Waals surface area contributed by atoms with Crippen LogP contribution in [0.5, 0.6) is 5.75 Å². The third-order valence-electron chi connectivity index (χ3n) is 5.97. The van der Waals surface area contributed by atoms with Crippen LogP contribution in [0.25, 0.3) is 0 Å². The largest absolute Gasteiger partial charge is 0.497 e. The predicted octanol–water partition coefficient (Wildman–Crippen LogP) is 4.89. The van der Waals surface area contributed by atoms with Crippen molar-refractivity contribution in [2.45, 2.75) is 32.7 Å². The lowest BCUT2D eigenvalue weighted by molar-refractivity contribution is -0.137. The van der Waals surface area contributed by atoms with Crippen LogP contribution in [0.2, 0.25) is 0 Å². The Kier molecular flexibility index (Phi) is 5.27. The number of β-lactam (4-membered cyclic amide) rings is 1. The molecule has 0 bridgehead atoms. The number of nitrogens with one attached hydrogen (secondary N) is 1. The molecule has 2 amide bonds. The van der Waals surface area contributed by atoms with Crippen molar-refractivity contribution in [3.05, 3.63) is 89.0 Å². The monoisotopic (exact) mass is 414 g/mol. The Morgan fingerprint density at radius 2 is 1.68 bits per heavy atom. The number of methoxy groups -OCH3 is 1. The first kappa shape index (κ1) is 20.7. The lowest BCUT2D eigenvalue weighted by Crippen LogP contribution is -2.67. The number of benzene rings is 3. The van der Waals surface area contributed by atoms with E-state index in [4.69, 9.17) is 4.74 Å². The molecular formula is C26H26N2O3. The summed E-state index contributed by atoms with van der Waals surface area (Å²) in [5, 5.41) is 3.07. The fourth-order valence-electron chi connectivity index (χ4n) is 4.24. The van der Waals surface area contributed by atoms with Gasteiger partial charge in [0.1, 0.15) is 5.75 Å². The number of aryl methyl sites for hydroxylation is 3. The van der Waals surface area contributed by atoms with Crippen LogP contribution in [0.15, 0.2) is 66.7 Å². The van der Waals surface area contributed by atoms with Crippen LogP contribution in [-0.2, 0) is 15.1 Å². The first-order chi connectivity index (χ1) is 14.9. The SMILES string of the molecule is COc1ccc(C2(C(=O)Nc3ccccc3C)CC(=O)N2c2ccc(C)cc2C)cc1. The summed E-state index contributed by atoms with van der Waals surface area (Å²) in [6.45, 7) is 5.92. The third kappa shape index (κ3) is 3.46. The Labute approximate surface area is 182 Å². The predicted molar refractivity (Wildman–Crippen MR) is 122 cm³/mol. The Morgan fingerprint density at radius 1 is 0.968 bits per heavy atom. The van der Waals surface area contributed by atoms with Crippen LogP contribution in [0.3, 0.4) is 0 Å². The standard InChI is InChI=1S/C26H26N2O3/c1-17-9-14-23(19(3)15-17)28-24(29)16-26(28,20-10-12-21(31-4)13-11-20)25(30)27-22-8-6-5-7-18(22)2/h5-15H,16H2,1-4H3,(H,27,30). The van der Waals surface area contributed by atoms with Gasteiger partial charge in [0, 0.05) is 11.4 Å². The van der Waals surface area contributed by atoms with Crippen molar-refractivity contribution in [1.29, 1.82) is 0 Å². The molecule has 4 rings (SSSR count). The Bertz CT molecular complexity index is 1150. The average Bonchev–Trinajstić information content (AvgIpc) is 2.75. The lowest BCUT2D eigenvalue weighted by Gasteiger charge is -2.51. The van der Waals surface area contributed by atoms with E-state index in [1.165, 1.54) is 0 Å². The first-order valence-electron chi connectivity index (χ1n) is 10.3. The molecule has 0 spiro atoms. The minimum absolute atomic E-state index is 0.0808. The Morgan fingerprint density at radius 3 is 2.29 bits per heavy atom. The average molecular weight is 415 g/mol. The molecule has 1 unspecified atom stereocenters. The van der Waals surface area contributed by atoms with Gasteiger partial charge in [0.05, 0.1) is 13.5 Å². The minimum Gasteiger partial charge on any atom is -0.497 e. The van der Waals surface area contributed by atoms with Gasteiger partial charge in [-0.05, 0) is 61.7 Å². The smallest absolute Gasteiger partial charge is 0.255 e. The molecule has 1 atom stereocenters. The van der Waals surface area contributed by atoms with Crippen LogP contribution in [-0.4, -0.2) is 18.9 Å². The summed E-state index contributed by atoms with van der Waals surface area (Å²) in [5.41, 5.74) is 4.12. The van der Waals surface area contributed by atoms with E-state index in [0.717, 1.165) is 33.6 Å². The van der Waals surface area contributed by atoms with Crippen LogP contribution in [0.4, 0.5) is 11.4 Å². The van der Waals surface area contributed by atoms with Gasteiger partial charge in [0.25, 0.3) is 5.91 Å². The van der Waals surface area contributed by atoms with E-state index in [1.807, 2.05) is 87.5 Å². The van der Waals surface area contributed by atoms with Gasteiger partial charge in [-0.15, -0.1) is 0 Å². The summed E-state index contributed by atoms with van der Waals surface area (Å²) < 4.78 is 5.29. The van der Waals surface area contributed by atoms with E-state index >= 15 is 0 Å². The van der Waals surface area contributed by atoms with E-state index in [9.17, 15) is 9.59 Å². The van der Waals surface area contributed by atoms with Gasteiger partial charge in [-0.25, -0.2) is 0 Å². The number of hydrogen-bond acceptors (Lipinski definition) is 3. The van der Waals surface area contributed by atoms with Crippen molar-refractivity contribution in [2.75, 3.05) is 17.3 Å². The summed E-state index contributed by atoms with van der Waals surface area (Å²) in [7, 11) is 1.60. The highest BCUT2D eigenvalue weighted by molar-refractivity contribution is 6.17. The van der Waals surface area contributed by atoms with E-state index in [2.05, 4.69) is 5.32 Å². The van der Waals surface area contributed by atoms with Crippen LogP contribution < -0.4 is 15.0 Å². The molecule has 0 radical (unpaired) electrons. The molecule has 5 nitrogen and oxygen atoms in total. The van der Waals surface area contributed by atoms with E-state index < -0.39 is 5.54 Å². The molecule has 1 aliphatic heterocycles. The first-order valence-corrected chi connectivity index (χ1v) is 10.3. The Balaban J connectivity index is 1.83. The summed E-state index contributed by atoms with van der Waals surface area (Å²) in [6.07, 6.45) is 0.102. The van der Waals surface area contributed by atoms with Gasteiger partial charge in [-0.2, -0.15) is 0 Å². The van der Waals surface area contributed by atoms with Gasteiger partial charge in [-0.1, -0.05) is 48.0 Å². The fraction of sp³-hybridized carbons (Fsp3) is 0.231. The Hall–Kier alpha value is -3.60. The molecule has 1 saturated heterocycles. The second kappa shape index (κ2) is 7.91. The molecule has 0 saturated carbocycles. The van der Waals surface area contributed by atoms with Gasteiger partial charge in [0.2, 0.25) is 5.91 Å². The topological polar surface area (TPSA) is 58.6 Å². The van der Waals surface area contributed by atoms with Crippen molar-refractivity contribution in [3.8, 4) is 5.75 Å².